The van der Waals surface area contributed by atoms with Crippen LogP contribution in [0.15, 0.2) is 47.6 Å². The minimum atomic E-state index is -0.0772. The highest BCUT2D eigenvalue weighted by atomic mass is 16.5. The van der Waals surface area contributed by atoms with E-state index in [-0.39, 0.29) is 5.91 Å². The number of carbonyl (C=O) groups excluding carboxylic acids is 1. The molecule has 2 aromatic carbocycles. The molecule has 1 N–H and O–H groups in total. The fourth-order valence-corrected chi connectivity index (χ4v) is 5.10. The summed E-state index contributed by atoms with van der Waals surface area (Å²) in [4.78, 5) is 14.9. The fourth-order valence-electron chi connectivity index (χ4n) is 5.10. The fraction of sp³-hybridized carbons (Fsp3) is 0.360. The second kappa shape index (κ2) is 8.19. The third kappa shape index (κ3) is 3.72. The Morgan fingerprint density at radius 2 is 2.16 bits per heavy atom. The largest absolute Gasteiger partial charge is 0.497 e. The van der Waals surface area contributed by atoms with Crippen molar-refractivity contribution in [1.82, 2.24) is 14.9 Å². The lowest BCUT2D eigenvalue weighted by molar-refractivity contribution is -0.123. The van der Waals surface area contributed by atoms with Crippen molar-refractivity contribution in [2.75, 3.05) is 20.2 Å². The Bertz CT molecular complexity index is 1160. The van der Waals surface area contributed by atoms with Gasteiger partial charge in [-0.3, -0.25) is 9.69 Å². The molecular weight excluding hydrogens is 388 g/mol. The highest BCUT2D eigenvalue weighted by molar-refractivity contribution is 5.87. The van der Waals surface area contributed by atoms with Crippen LogP contribution in [0, 0.1) is 6.92 Å². The molecule has 0 bridgehead atoms. The van der Waals surface area contributed by atoms with E-state index in [1.165, 1.54) is 27.7 Å². The minimum Gasteiger partial charge on any atom is -0.497 e. The van der Waals surface area contributed by atoms with Crippen LogP contribution in [0.3, 0.4) is 0 Å². The number of amides is 1. The van der Waals surface area contributed by atoms with Crippen molar-refractivity contribution in [2.24, 2.45) is 5.10 Å². The summed E-state index contributed by atoms with van der Waals surface area (Å²) < 4.78 is 7.71. The van der Waals surface area contributed by atoms with Gasteiger partial charge in [0, 0.05) is 29.7 Å². The second-order valence-corrected chi connectivity index (χ2v) is 8.48. The van der Waals surface area contributed by atoms with Crippen molar-refractivity contribution in [3.8, 4) is 5.75 Å². The number of hydrogen-bond acceptors (Lipinski definition) is 4. The maximum absolute atomic E-state index is 12.6. The number of hydrogen-bond donors (Lipinski definition) is 1. The zero-order valence-corrected chi connectivity index (χ0v) is 18.1. The normalized spacial score (nSPS) is 18.3. The Kier molecular flexibility index (Phi) is 5.24. The van der Waals surface area contributed by atoms with Crippen LogP contribution in [-0.4, -0.2) is 41.8 Å². The van der Waals surface area contributed by atoms with E-state index in [4.69, 9.17) is 4.74 Å². The van der Waals surface area contributed by atoms with Gasteiger partial charge in [0.25, 0.3) is 5.91 Å². The van der Waals surface area contributed by atoms with Crippen molar-refractivity contribution >= 4 is 23.0 Å². The number of methoxy groups -OCH3 is 1. The molecule has 1 atom stereocenters. The molecule has 2 aliphatic rings. The molecular formula is C25H28N4O2. The molecule has 0 saturated carbocycles. The maximum Gasteiger partial charge on any atom is 0.254 e. The molecule has 0 spiro atoms. The van der Waals surface area contributed by atoms with Crippen LogP contribution in [0.5, 0.6) is 5.75 Å². The first-order chi connectivity index (χ1) is 15.1. The Morgan fingerprint density at radius 1 is 1.26 bits per heavy atom. The topological polar surface area (TPSA) is 58.9 Å². The number of carbonyl (C=O) groups is 1. The predicted molar refractivity (Wildman–Crippen MR) is 123 cm³/mol. The zero-order valence-electron chi connectivity index (χ0n) is 18.1. The van der Waals surface area contributed by atoms with Crippen LogP contribution in [0.2, 0.25) is 0 Å². The first kappa shape index (κ1) is 19.8. The van der Waals surface area contributed by atoms with Crippen LogP contribution in [0.1, 0.15) is 41.3 Å². The average molecular weight is 417 g/mol. The van der Waals surface area contributed by atoms with Gasteiger partial charge in [-0.25, -0.2) is 5.43 Å². The lowest BCUT2D eigenvalue weighted by Crippen LogP contribution is -2.44. The molecule has 160 valence electrons. The molecule has 31 heavy (non-hydrogen) atoms. The van der Waals surface area contributed by atoms with Gasteiger partial charge in [-0.2, -0.15) is 5.10 Å². The molecule has 1 aliphatic heterocycles. The maximum atomic E-state index is 12.6. The third-order valence-electron chi connectivity index (χ3n) is 6.48. The van der Waals surface area contributed by atoms with E-state index in [9.17, 15) is 4.79 Å². The van der Waals surface area contributed by atoms with Crippen molar-refractivity contribution < 1.29 is 9.53 Å². The standard InChI is InChI=1S/C25H28N4O2/c1-17-9-10-22-21(13-17)20-7-4-8-23-25(20)29(22)12-11-28(23)16-24(30)27-26-15-18-5-3-6-19(14-18)31-2/h3,5-6,9-10,13-15,23H,4,7-8,11-12,16H2,1-2H3,(H,27,30)/t23-/m0/s1. The van der Waals surface area contributed by atoms with Gasteiger partial charge in [0.05, 0.1) is 25.9 Å². The number of aryl methyl sites for hydroxylation is 2. The number of nitrogens with zero attached hydrogens (tertiary/aromatic N) is 3. The zero-order chi connectivity index (χ0) is 21.4. The van der Waals surface area contributed by atoms with Gasteiger partial charge in [-0.05, 0) is 61.6 Å². The van der Waals surface area contributed by atoms with E-state index in [0.717, 1.165) is 43.7 Å². The third-order valence-corrected chi connectivity index (χ3v) is 6.48. The molecule has 6 nitrogen and oxygen atoms in total. The number of nitrogens with one attached hydrogen (secondary N) is 1. The lowest BCUT2D eigenvalue weighted by Gasteiger charge is -2.39. The highest BCUT2D eigenvalue weighted by Crippen LogP contribution is 2.42. The number of rotatable bonds is 5. The summed E-state index contributed by atoms with van der Waals surface area (Å²) in [5.41, 5.74) is 9.13. The average Bonchev–Trinajstić information content (AvgIpc) is 3.10. The summed E-state index contributed by atoms with van der Waals surface area (Å²) in [7, 11) is 1.63. The summed E-state index contributed by atoms with van der Waals surface area (Å²) in [6.45, 7) is 4.32. The van der Waals surface area contributed by atoms with E-state index in [0.29, 0.717) is 12.6 Å². The molecule has 0 saturated heterocycles. The smallest absolute Gasteiger partial charge is 0.254 e. The van der Waals surface area contributed by atoms with Crippen LogP contribution >= 0.6 is 0 Å². The van der Waals surface area contributed by atoms with Crippen molar-refractivity contribution in [3.63, 3.8) is 0 Å². The van der Waals surface area contributed by atoms with Gasteiger partial charge in [-0.1, -0.05) is 23.8 Å². The van der Waals surface area contributed by atoms with E-state index in [1.54, 1.807) is 13.3 Å². The summed E-state index contributed by atoms with van der Waals surface area (Å²) in [6, 6.07) is 14.7. The van der Waals surface area contributed by atoms with E-state index >= 15 is 0 Å². The Balaban J connectivity index is 1.31. The van der Waals surface area contributed by atoms with Crippen molar-refractivity contribution in [2.45, 2.75) is 38.8 Å². The lowest BCUT2D eigenvalue weighted by atomic mass is 9.89. The van der Waals surface area contributed by atoms with Gasteiger partial charge in [0.1, 0.15) is 5.75 Å². The molecule has 2 heterocycles. The van der Waals surface area contributed by atoms with Gasteiger partial charge < -0.3 is 9.30 Å². The molecule has 1 amide bonds. The van der Waals surface area contributed by atoms with Crippen LogP contribution < -0.4 is 10.2 Å². The van der Waals surface area contributed by atoms with Crippen LogP contribution in [0.25, 0.3) is 10.9 Å². The highest BCUT2D eigenvalue weighted by Gasteiger charge is 2.35. The molecule has 0 unspecified atom stereocenters. The Labute approximate surface area is 182 Å². The number of benzene rings is 2. The van der Waals surface area contributed by atoms with E-state index in [1.807, 2.05) is 24.3 Å². The first-order valence-electron chi connectivity index (χ1n) is 11.0. The van der Waals surface area contributed by atoms with Crippen molar-refractivity contribution in [3.05, 3.63) is 64.8 Å². The summed E-state index contributed by atoms with van der Waals surface area (Å²) in [5.74, 6) is 0.689. The van der Waals surface area contributed by atoms with Gasteiger partial charge in [0.15, 0.2) is 0 Å². The first-order valence-corrected chi connectivity index (χ1v) is 11.0. The van der Waals surface area contributed by atoms with Gasteiger partial charge >= 0.3 is 0 Å². The van der Waals surface area contributed by atoms with Gasteiger partial charge in [-0.15, -0.1) is 0 Å². The summed E-state index contributed by atoms with van der Waals surface area (Å²) >= 11 is 0. The number of fused-ring (bicyclic) bond motifs is 3. The minimum absolute atomic E-state index is 0.0772. The predicted octanol–water partition coefficient (Wildman–Crippen LogP) is 3.80. The van der Waals surface area contributed by atoms with Crippen molar-refractivity contribution in [1.29, 1.82) is 0 Å². The van der Waals surface area contributed by atoms with E-state index in [2.05, 4.69) is 45.1 Å². The van der Waals surface area contributed by atoms with Crippen LogP contribution in [0.4, 0.5) is 0 Å². The van der Waals surface area contributed by atoms with Gasteiger partial charge in [0.2, 0.25) is 0 Å². The number of ether oxygens (including phenoxy) is 1. The molecule has 3 aromatic rings. The Morgan fingerprint density at radius 3 is 3.03 bits per heavy atom. The van der Waals surface area contributed by atoms with E-state index < -0.39 is 0 Å². The quantitative estimate of drug-likeness (QED) is 0.508. The Hall–Kier alpha value is -3.12. The number of aromatic nitrogens is 1. The SMILES string of the molecule is COc1cccc(C=NNC(=O)CN2CCn3c4c(c5cc(C)ccc53)CCC[C@@H]42)c1. The summed E-state index contributed by atoms with van der Waals surface area (Å²) in [5, 5.41) is 5.54. The molecule has 1 aromatic heterocycles. The molecule has 0 radical (unpaired) electrons. The number of hydrazone groups is 1. The molecule has 0 fully saturated rings. The molecule has 6 heteroatoms. The molecule has 5 rings (SSSR count). The summed E-state index contributed by atoms with van der Waals surface area (Å²) in [6.07, 6.45) is 5.04. The molecule has 1 aliphatic carbocycles. The monoisotopic (exact) mass is 416 g/mol. The second-order valence-electron chi connectivity index (χ2n) is 8.48. The van der Waals surface area contributed by atoms with Crippen LogP contribution in [-0.2, 0) is 17.8 Å².